The first-order chi connectivity index (χ1) is 9.89. The number of hydrogen-bond donors (Lipinski definition) is 1. The highest BCUT2D eigenvalue weighted by atomic mass is 35.5. The zero-order valence-corrected chi connectivity index (χ0v) is 13.6. The molecule has 0 spiro atoms. The van der Waals surface area contributed by atoms with Gasteiger partial charge in [-0.2, -0.15) is 12.7 Å². The number of benzene rings is 1. The molecule has 0 aliphatic heterocycles. The highest BCUT2D eigenvalue weighted by molar-refractivity contribution is 7.87. The molecule has 21 heavy (non-hydrogen) atoms. The van der Waals surface area contributed by atoms with Crippen LogP contribution < -0.4 is 4.72 Å². The maximum Gasteiger partial charge on any atom is 0.303 e. The number of amides is 1. The van der Waals surface area contributed by atoms with Gasteiger partial charge in [0.2, 0.25) is 5.91 Å². The number of nitrogens with zero attached hydrogens (tertiary/aromatic N) is 1. The molecule has 2 atom stereocenters. The molecular formula is C14H19ClN2O3S. The lowest BCUT2D eigenvalue weighted by Gasteiger charge is -2.18. The van der Waals surface area contributed by atoms with Crippen LogP contribution in [0.3, 0.4) is 0 Å². The van der Waals surface area contributed by atoms with Crippen LogP contribution in [-0.4, -0.2) is 31.7 Å². The summed E-state index contributed by atoms with van der Waals surface area (Å²) in [7, 11) is -3.73. The Hall–Kier alpha value is -1.11. The summed E-state index contributed by atoms with van der Waals surface area (Å²) in [5.41, 5.74) is 1.01. The minimum absolute atomic E-state index is 0.0779. The smallest absolute Gasteiger partial charge is 0.274 e. The van der Waals surface area contributed by atoms with Gasteiger partial charge in [-0.1, -0.05) is 37.6 Å². The van der Waals surface area contributed by atoms with E-state index in [4.69, 9.17) is 11.6 Å². The molecule has 1 fully saturated rings. The summed E-state index contributed by atoms with van der Waals surface area (Å²) >= 11 is 5.83. The Kier molecular flexibility index (Phi) is 4.91. The Balaban J connectivity index is 1.99. The highest BCUT2D eigenvalue weighted by Crippen LogP contribution is 2.47. The molecule has 1 amide bonds. The number of carbonyl (C=O) groups is 1. The van der Waals surface area contributed by atoms with Crippen molar-refractivity contribution in [3.05, 3.63) is 34.9 Å². The minimum atomic E-state index is -3.73. The van der Waals surface area contributed by atoms with Crippen molar-refractivity contribution >= 4 is 27.7 Å². The van der Waals surface area contributed by atoms with Gasteiger partial charge in [0.05, 0.1) is 0 Å². The first-order valence-electron chi connectivity index (χ1n) is 6.96. The molecule has 1 N–H and O–H groups in total. The molecule has 0 saturated heterocycles. The van der Waals surface area contributed by atoms with Crippen molar-refractivity contribution in [2.45, 2.75) is 26.2 Å². The summed E-state index contributed by atoms with van der Waals surface area (Å²) in [6.07, 6.45) is 0.668. The van der Waals surface area contributed by atoms with E-state index >= 15 is 0 Å². The van der Waals surface area contributed by atoms with Crippen molar-refractivity contribution in [1.82, 2.24) is 9.03 Å². The lowest BCUT2D eigenvalue weighted by atomic mass is 10.1. The Bertz CT molecular complexity index is 612. The van der Waals surface area contributed by atoms with Gasteiger partial charge in [-0.05, 0) is 30.0 Å². The third-order valence-corrected chi connectivity index (χ3v) is 5.61. The van der Waals surface area contributed by atoms with Gasteiger partial charge >= 0.3 is 10.2 Å². The van der Waals surface area contributed by atoms with E-state index in [1.54, 1.807) is 26.0 Å². The molecule has 116 valence electrons. The van der Waals surface area contributed by atoms with Gasteiger partial charge in [-0.25, -0.2) is 4.72 Å². The van der Waals surface area contributed by atoms with Crippen molar-refractivity contribution in [2.75, 3.05) is 13.1 Å². The Labute approximate surface area is 130 Å². The molecule has 1 aliphatic carbocycles. The van der Waals surface area contributed by atoms with E-state index in [0.29, 0.717) is 24.5 Å². The van der Waals surface area contributed by atoms with E-state index in [9.17, 15) is 13.2 Å². The number of carbonyl (C=O) groups excluding carboxylic acids is 1. The van der Waals surface area contributed by atoms with Gasteiger partial charge in [0.25, 0.3) is 0 Å². The maximum atomic E-state index is 12.1. The largest absolute Gasteiger partial charge is 0.303 e. The van der Waals surface area contributed by atoms with Gasteiger partial charge < -0.3 is 0 Å². The molecule has 7 heteroatoms. The van der Waals surface area contributed by atoms with Gasteiger partial charge in [0.1, 0.15) is 0 Å². The predicted octanol–water partition coefficient (Wildman–Crippen LogP) is 2.15. The van der Waals surface area contributed by atoms with E-state index < -0.39 is 16.1 Å². The summed E-state index contributed by atoms with van der Waals surface area (Å²) in [5.74, 6) is -0.632. The van der Waals surface area contributed by atoms with Crippen molar-refractivity contribution in [2.24, 2.45) is 5.92 Å². The molecule has 2 rings (SSSR count). The van der Waals surface area contributed by atoms with Crippen molar-refractivity contribution in [1.29, 1.82) is 0 Å². The minimum Gasteiger partial charge on any atom is -0.274 e. The monoisotopic (exact) mass is 330 g/mol. The normalized spacial score (nSPS) is 21.3. The molecular weight excluding hydrogens is 312 g/mol. The summed E-state index contributed by atoms with van der Waals surface area (Å²) in [6, 6.07) is 7.30. The molecule has 1 aromatic rings. The van der Waals surface area contributed by atoms with Gasteiger partial charge in [0, 0.05) is 24.0 Å². The van der Waals surface area contributed by atoms with E-state index in [0.717, 1.165) is 5.56 Å². The number of nitrogens with one attached hydrogen (secondary N) is 1. The zero-order chi connectivity index (χ0) is 15.6. The zero-order valence-electron chi connectivity index (χ0n) is 12.0. The van der Waals surface area contributed by atoms with Crippen LogP contribution in [0, 0.1) is 5.92 Å². The molecule has 0 radical (unpaired) electrons. The van der Waals surface area contributed by atoms with Crippen LogP contribution in [0.5, 0.6) is 0 Å². The van der Waals surface area contributed by atoms with Crippen LogP contribution in [0.1, 0.15) is 31.7 Å². The Morgan fingerprint density at radius 1 is 1.29 bits per heavy atom. The third-order valence-electron chi connectivity index (χ3n) is 3.70. The molecule has 0 aromatic heterocycles. The van der Waals surface area contributed by atoms with Crippen molar-refractivity contribution in [3.63, 3.8) is 0 Å². The van der Waals surface area contributed by atoms with Crippen LogP contribution in [0.4, 0.5) is 0 Å². The van der Waals surface area contributed by atoms with E-state index in [1.165, 1.54) is 4.31 Å². The summed E-state index contributed by atoms with van der Waals surface area (Å²) < 4.78 is 27.4. The van der Waals surface area contributed by atoms with E-state index in [2.05, 4.69) is 4.72 Å². The van der Waals surface area contributed by atoms with Crippen LogP contribution in [-0.2, 0) is 15.0 Å². The molecule has 1 aromatic carbocycles. The molecule has 0 unspecified atom stereocenters. The summed E-state index contributed by atoms with van der Waals surface area (Å²) in [4.78, 5) is 12.1. The van der Waals surface area contributed by atoms with Crippen molar-refractivity contribution in [3.8, 4) is 0 Å². The second-order valence-corrected chi connectivity index (χ2v) is 7.16. The van der Waals surface area contributed by atoms with E-state index in [1.807, 2.05) is 12.1 Å². The third kappa shape index (κ3) is 3.75. The van der Waals surface area contributed by atoms with Crippen LogP contribution in [0.2, 0.25) is 5.02 Å². The molecule has 1 saturated carbocycles. The second-order valence-electron chi connectivity index (χ2n) is 5.06. The van der Waals surface area contributed by atoms with Gasteiger partial charge in [0.15, 0.2) is 0 Å². The number of rotatable bonds is 6. The molecule has 1 aliphatic rings. The average Bonchev–Trinajstić information content (AvgIpc) is 3.20. The number of hydrogen-bond acceptors (Lipinski definition) is 3. The lowest BCUT2D eigenvalue weighted by molar-refractivity contribution is -0.120. The summed E-state index contributed by atoms with van der Waals surface area (Å²) in [6.45, 7) is 4.15. The quantitative estimate of drug-likeness (QED) is 0.869. The highest BCUT2D eigenvalue weighted by Gasteiger charge is 2.45. The standard InChI is InChI=1S/C14H19ClN2O3S/c1-3-17(4-2)21(19,20)16-14(18)13-9-12(13)10-5-7-11(15)8-6-10/h5-8,12-13H,3-4,9H2,1-2H3,(H,16,18)/t12-,13+/m1/s1. The fraction of sp³-hybridized carbons (Fsp3) is 0.500. The fourth-order valence-corrected chi connectivity index (χ4v) is 3.73. The molecule has 5 nitrogen and oxygen atoms in total. The Morgan fingerprint density at radius 2 is 1.86 bits per heavy atom. The van der Waals surface area contributed by atoms with Gasteiger partial charge in [-0.15, -0.1) is 0 Å². The van der Waals surface area contributed by atoms with Gasteiger partial charge in [-0.3, -0.25) is 4.79 Å². The van der Waals surface area contributed by atoms with E-state index in [-0.39, 0.29) is 11.8 Å². The molecule has 0 heterocycles. The van der Waals surface area contributed by atoms with Crippen LogP contribution in [0.25, 0.3) is 0 Å². The van der Waals surface area contributed by atoms with Crippen molar-refractivity contribution < 1.29 is 13.2 Å². The fourth-order valence-electron chi connectivity index (χ4n) is 2.39. The number of halogens is 1. The first kappa shape index (κ1) is 16.3. The predicted molar refractivity (Wildman–Crippen MR) is 82.3 cm³/mol. The maximum absolute atomic E-state index is 12.1. The Morgan fingerprint density at radius 3 is 2.38 bits per heavy atom. The first-order valence-corrected chi connectivity index (χ1v) is 8.78. The lowest BCUT2D eigenvalue weighted by Crippen LogP contribution is -2.44. The molecule has 0 bridgehead atoms. The SMILES string of the molecule is CCN(CC)S(=O)(=O)NC(=O)[C@H]1C[C@@H]1c1ccc(Cl)cc1. The average molecular weight is 331 g/mol. The van der Waals surface area contributed by atoms with Crippen LogP contribution in [0.15, 0.2) is 24.3 Å². The topological polar surface area (TPSA) is 66.5 Å². The van der Waals surface area contributed by atoms with Crippen LogP contribution >= 0.6 is 11.6 Å². The second kappa shape index (κ2) is 6.34. The summed E-state index contributed by atoms with van der Waals surface area (Å²) in [5, 5.41) is 0.643.